The molecule has 0 radical (unpaired) electrons. The van der Waals surface area contributed by atoms with Crippen LogP contribution in [-0.4, -0.2) is 9.97 Å². The lowest BCUT2D eigenvalue weighted by Gasteiger charge is -2.17. The van der Waals surface area contributed by atoms with Crippen LogP contribution in [0.5, 0.6) is 0 Å². The van der Waals surface area contributed by atoms with Crippen molar-refractivity contribution >= 4 is 54.1 Å². The van der Waals surface area contributed by atoms with Crippen molar-refractivity contribution in [2.75, 3.05) is 0 Å². The van der Waals surface area contributed by atoms with Gasteiger partial charge in [0.25, 0.3) is 0 Å². The van der Waals surface area contributed by atoms with Crippen molar-refractivity contribution in [3.8, 4) is 66.9 Å². The molecule has 2 heterocycles. The first-order valence-corrected chi connectivity index (χ1v) is 21.2. The molecule has 0 unspecified atom stereocenters. The average Bonchev–Trinajstić information content (AvgIpc) is 3.35. The molecule has 0 aliphatic rings. The number of hydrogen-bond donors (Lipinski definition) is 0. The number of nitrogens with zero attached hydrogens (tertiary/aromatic N) is 2. The standard InChI is InChI=1S/C60H38N2/c1-3-13-39(14-4-1)41-23-27-43(28-24-41)47-35-36-61-59-54(47)33-34-55-56(44-29-25-42(26-30-44)40-15-5-2-6-16-40)38-57(62-60(55)59)52-31-32-53(51-22-12-11-21-50(51)52)58-48-19-9-7-17-45(48)37-46-18-8-10-20-49(46)58/h1-38H. The third-order valence-electron chi connectivity index (χ3n) is 12.5. The molecule has 0 spiro atoms. The van der Waals surface area contributed by atoms with E-state index in [9.17, 15) is 0 Å². The summed E-state index contributed by atoms with van der Waals surface area (Å²) in [5.41, 5.74) is 15.6. The minimum absolute atomic E-state index is 0.887. The van der Waals surface area contributed by atoms with Crippen LogP contribution in [0.1, 0.15) is 0 Å². The highest BCUT2D eigenvalue weighted by atomic mass is 14.8. The molecule has 0 fully saturated rings. The molecule has 0 atom stereocenters. The normalized spacial score (nSPS) is 11.5. The van der Waals surface area contributed by atoms with Gasteiger partial charge in [-0.25, -0.2) is 4.98 Å². The summed E-state index contributed by atoms with van der Waals surface area (Å²) < 4.78 is 0. The molecule has 0 amide bonds. The van der Waals surface area contributed by atoms with Crippen molar-refractivity contribution in [3.05, 3.63) is 231 Å². The molecule has 0 aliphatic carbocycles. The van der Waals surface area contributed by atoms with Gasteiger partial charge in [0.1, 0.15) is 0 Å². The van der Waals surface area contributed by atoms with Crippen molar-refractivity contribution in [2.24, 2.45) is 0 Å². The predicted molar refractivity (Wildman–Crippen MR) is 262 cm³/mol. The number of benzene rings is 10. The summed E-state index contributed by atoms with van der Waals surface area (Å²) in [5.74, 6) is 0. The van der Waals surface area contributed by atoms with Crippen molar-refractivity contribution in [3.63, 3.8) is 0 Å². The minimum Gasteiger partial charge on any atom is -0.254 e. The number of hydrogen-bond acceptors (Lipinski definition) is 2. The van der Waals surface area contributed by atoms with Gasteiger partial charge in [-0.3, -0.25) is 4.98 Å². The lowest BCUT2D eigenvalue weighted by Crippen LogP contribution is -1.95. The van der Waals surface area contributed by atoms with E-state index in [0.717, 1.165) is 60.7 Å². The Morgan fingerprint density at radius 2 is 0.710 bits per heavy atom. The van der Waals surface area contributed by atoms with E-state index in [2.05, 4.69) is 224 Å². The van der Waals surface area contributed by atoms with E-state index < -0.39 is 0 Å². The van der Waals surface area contributed by atoms with Gasteiger partial charge < -0.3 is 0 Å². The Hall–Kier alpha value is -8.20. The quantitative estimate of drug-likeness (QED) is 0.124. The zero-order chi connectivity index (χ0) is 41.0. The van der Waals surface area contributed by atoms with Crippen molar-refractivity contribution in [1.82, 2.24) is 9.97 Å². The summed E-state index contributed by atoms with van der Waals surface area (Å²) in [6.07, 6.45) is 1.93. The van der Waals surface area contributed by atoms with Crippen LogP contribution in [-0.2, 0) is 0 Å². The number of pyridine rings is 2. The van der Waals surface area contributed by atoms with Crippen LogP contribution in [0.4, 0.5) is 0 Å². The predicted octanol–water partition coefficient (Wildman–Crippen LogP) is 16.2. The monoisotopic (exact) mass is 786 g/mol. The maximum absolute atomic E-state index is 5.60. The zero-order valence-corrected chi connectivity index (χ0v) is 33.8. The SMILES string of the molecule is c1ccc(-c2ccc(-c3ccnc4c3ccc3c(-c5ccc(-c6ccccc6)cc5)cc(-c5ccc(-c6c7ccccc7cc7ccccc67)c6ccccc56)nc34)cc2)cc1. The summed E-state index contributed by atoms with van der Waals surface area (Å²) in [5, 5.41) is 9.46. The summed E-state index contributed by atoms with van der Waals surface area (Å²) in [6, 6.07) is 81.0. The van der Waals surface area contributed by atoms with Gasteiger partial charge in [0.15, 0.2) is 0 Å². The summed E-state index contributed by atoms with van der Waals surface area (Å²) in [7, 11) is 0. The van der Waals surface area contributed by atoms with Crippen LogP contribution in [0.3, 0.4) is 0 Å². The number of aromatic nitrogens is 2. The molecule has 0 N–H and O–H groups in total. The smallest absolute Gasteiger partial charge is 0.0978 e. The first-order chi connectivity index (χ1) is 30.7. The Kier molecular flexibility index (Phi) is 8.53. The Balaban J connectivity index is 1.08. The average molecular weight is 787 g/mol. The summed E-state index contributed by atoms with van der Waals surface area (Å²) >= 11 is 0. The van der Waals surface area contributed by atoms with E-state index >= 15 is 0 Å². The second-order valence-electron chi connectivity index (χ2n) is 16.1. The largest absolute Gasteiger partial charge is 0.254 e. The zero-order valence-electron chi connectivity index (χ0n) is 33.8. The maximum atomic E-state index is 5.60. The van der Waals surface area contributed by atoms with Crippen LogP contribution in [0.15, 0.2) is 231 Å². The molecule has 2 aromatic heterocycles. The highest BCUT2D eigenvalue weighted by molar-refractivity contribution is 6.19. The molecule has 288 valence electrons. The fraction of sp³-hybridized carbons (Fsp3) is 0. The van der Waals surface area contributed by atoms with Gasteiger partial charge in [-0.05, 0) is 106 Å². The van der Waals surface area contributed by atoms with Crippen LogP contribution in [0, 0.1) is 0 Å². The van der Waals surface area contributed by atoms with E-state index in [1.807, 2.05) is 6.20 Å². The molecule has 0 bridgehead atoms. The third-order valence-corrected chi connectivity index (χ3v) is 12.5. The Morgan fingerprint density at radius 3 is 1.31 bits per heavy atom. The Labute approximate surface area is 360 Å². The van der Waals surface area contributed by atoms with Gasteiger partial charge in [-0.1, -0.05) is 206 Å². The van der Waals surface area contributed by atoms with Crippen LogP contribution < -0.4 is 0 Å². The van der Waals surface area contributed by atoms with Crippen molar-refractivity contribution in [2.45, 2.75) is 0 Å². The Bertz CT molecular complexity index is 3600. The van der Waals surface area contributed by atoms with E-state index in [0.29, 0.717) is 0 Å². The molecule has 0 saturated heterocycles. The third kappa shape index (κ3) is 6.04. The molecule has 62 heavy (non-hydrogen) atoms. The van der Waals surface area contributed by atoms with E-state index in [1.54, 1.807) is 0 Å². The topological polar surface area (TPSA) is 25.8 Å². The maximum Gasteiger partial charge on any atom is 0.0978 e. The fourth-order valence-corrected chi connectivity index (χ4v) is 9.52. The van der Waals surface area contributed by atoms with Crippen molar-refractivity contribution < 1.29 is 0 Å². The first-order valence-electron chi connectivity index (χ1n) is 21.2. The van der Waals surface area contributed by atoms with Crippen LogP contribution in [0.2, 0.25) is 0 Å². The van der Waals surface area contributed by atoms with Gasteiger partial charge in [-0.15, -0.1) is 0 Å². The second-order valence-corrected chi connectivity index (χ2v) is 16.1. The van der Waals surface area contributed by atoms with Gasteiger partial charge in [-0.2, -0.15) is 0 Å². The first kappa shape index (κ1) is 35.7. The van der Waals surface area contributed by atoms with E-state index in [1.165, 1.54) is 60.3 Å². The van der Waals surface area contributed by atoms with E-state index in [4.69, 9.17) is 9.97 Å². The van der Waals surface area contributed by atoms with Crippen LogP contribution in [0.25, 0.3) is 121 Å². The molecule has 10 aromatic carbocycles. The summed E-state index contributed by atoms with van der Waals surface area (Å²) in [4.78, 5) is 10.7. The van der Waals surface area contributed by atoms with E-state index in [-0.39, 0.29) is 0 Å². The number of fused-ring (bicyclic) bond motifs is 6. The molecule has 12 aromatic rings. The van der Waals surface area contributed by atoms with Crippen LogP contribution >= 0.6 is 0 Å². The molecule has 0 saturated carbocycles. The Morgan fingerprint density at radius 1 is 0.258 bits per heavy atom. The highest BCUT2D eigenvalue weighted by Gasteiger charge is 2.19. The molecule has 0 aliphatic heterocycles. The molecular formula is C60H38N2. The molecule has 2 heteroatoms. The number of rotatable bonds is 6. The second kappa shape index (κ2) is 14.8. The fourth-order valence-electron chi connectivity index (χ4n) is 9.52. The highest BCUT2D eigenvalue weighted by Crippen LogP contribution is 2.44. The van der Waals surface area contributed by atoms with Gasteiger partial charge in [0, 0.05) is 22.5 Å². The van der Waals surface area contributed by atoms with Gasteiger partial charge in [0.05, 0.1) is 16.7 Å². The molecular weight excluding hydrogens is 749 g/mol. The molecule has 12 rings (SSSR count). The lowest BCUT2D eigenvalue weighted by atomic mass is 9.87. The van der Waals surface area contributed by atoms with Crippen molar-refractivity contribution in [1.29, 1.82) is 0 Å². The molecule has 2 nitrogen and oxygen atoms in total. The van der Waals surface area contributed by atoms with Gasteiger partial charge in [0.2, 0.25) is 0 Å². The summed E-state index contributed by atoms with van der Waals surface area (Å²) in [6.45, 7) is 0. The minimum atomic E-state index is 0.887. The van der Waals surface area contributed by atoms with Gasteiger partial charge >= 0.3 is 0 Å². The lowest BCUT2D eigenvalue weighted by molar-refractivity contribution is 1.37.